The van der Waals surface area contributed by atoms with Crippen LogP contribution in [0.15, 0.2) is 29.2 Å². The van der Waals surface area contributed by atoms with E-state index in [1.807, 2.05) is 37.9 Å². The Hall–Kier alpha value is -2.63. The van der Waals surface area contributed by atoms with Gasteiger partial charge in [-0.1, -0.05) is 13.0 Å². The van der Waals surface area contributed by atoms with Crippen molar-refractivity contribution < 1.29 is 4.79 Å². The molecule has 3 heterocycles. The Morgan fingerprint density at radius 2 is 2.17 bits per heavy atom. The number of H-pyrrole nitrogens is 1. The van der Waals surface area contributed by atoms with Crippen molar-refractivity contribution in [1.82, 2.24) is 14.9 Å². The second-order valence-electron chi connectivity index (χ2n) is 6.16. The Morgan fingerprint density at radius 1 is 1.38 bits per heavy atom. The first-order valence-corrected chi connectivity index (χ1v) is 8.18. The van der Waals surface area contributed by atoms with Crippen LogP contribution in [0, 0.1) is 6.92 Å². The van der Waals surface area contributed by atoms with Gasteiger partial charge in [-0.15, -0.1) is 0 Å². The lowest BCUT2D eigenvalue weighted by Crippen LogP contribution is -2.37. The predicted octanol–water partition coefficient (Wildman–Crippen LogP) is 1.73. The zero-order valence-corrected chi connectivity index (χ0v) is 14.3. The lowest BCUT2D eigenvalue weighted by atomic mass is 10.1. The van der Waals surface area contributed by atoms with Gasteiger partial charge in [-0.3, -0.25) is 9.59 Å². The van der Waals surface area contributed by atoms with Crippen molar-refractivity contribution in [2.75, 3.05) is 25.0 Å². The van der Waals surface area contributed by atoms with E-state index in [1.54, 1.807) is 17.2 Å². The molecular formula is C18H22N4O2. The number of nitrogens with zero attached hydrogens (tertiary/aromatic N) is 3. The standard InChI is InChI=1S/C18H22N4O2/c1-4-15-12(2)10-14(17(23)20-15)18(24)22-9-8-21(3)16-13(11-22)6-5-7-19-16/h5-7,10H,4,8-9,11H2,1-3H3,(H,20,23). The number of aryl methyl sites for hydroxylation is 2. The third kappa shape index (κ3) is 2.91. The van der Waals surface area contributed by atoms with E-state index in [9.17, 15) is 9.59 Å². The summed E-state index contributed by atoms with van der Waals surface area (Å²) in [6.45, 7) is 5.59. The molecule has 6 heteroatoms. The SMILES string of the molecule is CCc1[nH]c(=O)c(C(=O)N2CCN(C)c3ncccc3C2)cc1C. The second-order valence-corrected chi connectivity index (χ2v) is 6.16. The Balaban J connectivity index is 1.94. The number of aromatic nitrogens is 2. The number of amides is 1. The Labute approximate surface area is 141 Å². The first kappa shape index (κ1) is 16.2. The zero-order valence-electron chi connectivity index (χ0n) is 14.3. The number of aromatic amines is 1. The largest absolute Gasteiger partial charge is 0.358 e. The number of fused-ring (bicyclic) bond motifs is 1. The fourth-order valence-electron chi connectivity index (χ4n) is 3.10. The number of carbonyl (C=O) groups is 1. The Morgan fingerprint density at radius 3 is 2.92 bits per heavy atom. The third-order valence-corrected chi connectivity index (χ3v) is 4.51. The average Bonchev–Trinajstić information content (AvgIpc) is 2.75. The monoisotopic (exact) mass is 326 g/mol. The number of hydrogen-bond acceptors (Lipinski definition) is 4. The molecule has 3 rings (SSSR count). The summed E-state index contributed by atoms with van der Waals surface area (Å²) in [6.07, 6.45) is 2.49. The van der Waals surface area contributed by atoms with E-state index >= 15 is 0 Å². The summed E-state index contributed by atoms with van der Waals surface area (Å²) in [5.41, 5.74) is 2.70. The molecule has 0 spiro atoms. The van der Waals surface area contributed by atoms with E-state index in [-0.39, 0.29) is 17.0 Å². The van der Waals surface area contributed by atoms with Crippen LogP contribution in [-0.2, 0) is 13.0 Å². The highest BCUT2D eigenvalue weighted by atomic mass is 16.2. The molecule has 0 fully saturated rings. The molecule has 0 aliphatic carbocycles. The molecule has 0 aromatic carbocycles. The van der Waals surface area contributed by atoms with E-state index in [4.69, 9.17) is 0 Å². The van der Waals surface area contributed by atoms with Crippen molar-refractivity contribution in [1.29, 1.82) is 0 Å². The quantitative estimate of drug-likeness (QED) is 0.912. The molecule has 1 aliphatic rings. The Kier molecular flexibility index (Phi) is 4.38. The minimum atomic E-state index is -0.313. The van der Waals surface area contributed by atoms with Crippen molar-refractivity contribution in [3.8, 4) is 0 Å². The van der Waals surface area contributed by atoms with Crippen molar-refractivity contribution in [2.24, 2.45) is 0 Å². The molecule has 0 radical (unpaired) electrons. The molecule has 0 atom stereocenters. The maximum absolute atomic E-state index is 12.9. The third-order valence-electron chi connectivity index (χ3n) is 4.51. The highest BCUT2D eigenvalue weighted by Crippen LogP contribution is 2.22. The van der Waals surface area contributed by atoms with E-state index in [0.717, 1.165) is 29.1 Å². The number of pyridine rings is 2. The molecule has 0 unspecified atom stereocenters. The molecule has 2 aromatic rings. The number of carbonyl (C=O) groups excluding carboxylic acids is 1. The lowest BCUT2D eigenvalue weighted by molar-refractivity contribution is 0.0750. The zero-order chi connectivity index (χ0) is 17.3. The van der Waals surface area contributed by atoms with Crippen molar-refractivity contribution >= 4 is 11.7 Å². The number of nitrogens with one attached hydrogen (secondary N) is 1. The summed E-state index contributed by atoms with van der Waals surface area (Å²) in [5, 5.41) is 0. The first-order valence-electron chi connectivity index (χ1n) is 8.18. The van der Waals surface area contributed by atoms with Crippen LogP contribution in [0.4, 0.5) is 5.82 Å². The van der Waals surface area contributed by atoms with Crippen LogP contribution >= 0.6 is 0 Å². The van der Waals surface area contributed by atoms with Gasteiger partial charge in [0.2, 0.25) is 0 Å². The molecule has 0 saturated heterocycles. The molecular weight excluding hydrogens is 304 g/mol. The predicted molar refractivity (Wildman–Crippen MR) is 93.4 cm³/mol. The molecule has 24 heavy (non-hydrogen) atoms. The summed E-state index contributed by atoms with van der Waals surface area (Å²) in [5.74, 6) is 0.659. The molecule has 1 aliphatic heterocycles. The van der Waals surface area contributed by atoms with Crippen LogP contribution in [0.5, 0.6) is 0 Å². The first-order chi connectivity index (χ1) is 11.5. The van der Waals surface area contributed by atoms with Gasteiger partial charge in [0, 0.05) is 44.1 Å². The molecule has 1 N–H and O–H groups in total. The fourth-order valence-corrected chi connectivity index (χ4v) is 3.10. The fraction of sp³-hybridized carbons (Fsp3) is 0.389. The summed E-state index contributed by atoms with van der Waals surface area (Å²) in [7, 11) is 1.97. The average molecular weight is 326 g/mol. The van der Waals surface area contributed by atoms with Crippen LogP contribution in [-0.4, -0.2) is 40.9 Å². The summed E-state index contributed by atoms with van der Waals surface area (Å²) in [6, 6.07) is 5.55. The van der Waals surface area contributed by atoms with Gasteiger partial charge in [0.15, 0.2) is 0 Å². The van der Waals surface area contributed by atoms with Crippen LogP contribution in [0.25, 0.3) is 0 Å². The van der Waals surface area contributed by atoms with E-state index < -0.39 is 0 Å². The van der Waals surface area contributed by atoms with Crippen LogP contribution < -0.4 is 10.5 Å². The highest BCUT2D eigenvalue weighted by molar-refractivity contribution is 5.94. The van der Waals surface area contributed by atoms with Crippen molar-refractivity contribution in [3.63, 3.8) is 0 Å². The number of anilines is 1. The number of likely N-dealkylation sites (N-methyl/N-ethyl adjacent to an activating group) is 1. The lowest BCUT2D eigenvalue weighted by Gasteiger charge is -2.21. The van der Waals surface area contributed by atoms with E-state index in [2.05, 4.69) is 9.97 Å². The van der Waals surface area contributed by atoms with E-state index in [0.29, 0.717) is 19.6 Å². The highest BCUT2D eigenvalue weighted by Gasteiger charge is 2.24. The topological polar surface area (TPSA) is 69.3 Å². The number of rotatable bonds is 2. The maximum atomic E-state index is 12.9. The summed E-state index contributed by atoms with van der Waals surface area (Å²) < 4.78 is 0. The van der Waals surface area contributed by atoms with Gasteiger partial charge in [0.05, 0.1) is 0 Å². The van der Waals surface area contributed by atoms with Crippen molar-refractivity contribution in [3.05, 3.63) is 57.1 Å². The smallest absolute Gasteiger partial charge is 0.261 e. The summed E-state index contributed by atoms with van der Waals surface area (Å²) >= 11 is 0. The van der Waals surface area contributed by atoms with Crippen LogP contribution in [0.3, 0.4) is 0 Å². The molecule has 0 bridgehead atoms. The second kappa shape index (κ2) is 6.47. The van der Waals surface area contributed by atoms with Gasteiger partial charge in [-0.25, -0.2) is 4.98 Å². The molecule has 2 aromatic heterocycles. The van der Waals surface area contributed by atoms with Crippen LogP contribution in [0.2, 0.25) is 0 Å². The van der Waals surface area contributed by atoms with E-state index in [1.165, 1.54) is 0 Å². The normalized spacial score (nSPS) is 14.3. The molecule has 1 amide bonds. The van der Waals surface area contributed by atoms with Gasteiger partial charge < -0.3 is 14.8 Å². The molecule has 6 nitrogen and oxygen atoms in total. The van der Waals surface area contributed by atoms with Crippen LogP contribution in [0.1, 0.15) is 34.1 Å². The van der Waals surface area contributed by atoms with Gasteiger partial charge >= 0.3 is 0 Å². The van der Waals surface area contributed by atoms with Crippen molar-refractivity contribution in [2.45, 2.75) is 26.8 Å². The summed E-state index contributed by atoms with van der Waals surface area (Å²) in [4.78, 5) is 36.2. The maximum Gasteiger partial charge on any atom is 0.261 e. The van der Waals surface area contributed by atoms with Gasteiger partial charge in [-0.05, 0) is 31.0 Å². The van der Waals surface area contributed by atoms with Gasteiger partial charge in [0.1, 0.15) is 11.4 Å². The minimum absolute atomic E-state index is 0.208. The minimum Gasteiger partial charge on any atom is -0.358 e. The molecule has 0 saturated carbocycles. The molecule has 126 valence electrons. The number of hydrogen-bond donors (Lipinski definition) is 1. The van der Waals surface area contributed by atoms with Gasteiger partial charge in [-0.2, -0.15) is 0 Å². The Bertz CT molecular complexity index is 828. The van der Waals surface area contributed by atoms with Gasteiger partial charge in [0.25, 0.3) is 11.5 Å².